The lowest BCUT2D eigenvalue weighted by molar-refractivity contribution is 0.275. The predicted octanol–water partition coefficient (Wildman–Crippen LogP) is 3.18. The molecule has 0 bridgehead atoms. The highest BCUT2D eigenvalue weighted by atomic mass is 127. The fraction of sp³-hybridized carbons (Fsp3) is 0.941. The molecule has 2 fully saturated rings. The highest BCUT2D eigenvalue weighted by Gasteiger charge is 2.26. The van der Waals surface area contributed by atoms with Gasteiger partial charge in [0.25, 0.3) is 0 Å². The van der Waals surface area contributed by atoms with Gasteiger partial charge in [-0.05, 0) is 50.5 Å². The molecular formula is C17H35IN4S. The van der Waals surface area contributed by atoms with Crippen LogP contribution >= 0.6 is 35.7 Å². The number of nitrogens with zero attached hydrogens (tertiary/aromatic N) is 2. The van der Waals surface area contributed by atoms with Gasteiger partial charge < -0.3 is 15.5 Å². The Kier molecular flexibility index (Phi) is 11.7. The molecule has 0 aromatic rings. The van der Waals surface area contributed by atoms with E-state index in [9.17, 15) is 0 Å². The second-order valence-electron chi connectivity index (χ2n) is 6.65. The van der Waals surface area contributed by atoms with E-state index >= 15 is 0 Å². The second kappa shape index (κ2) is 12.6. The minimum Gasteiger partial charge on any atom is -0.357 e. The van der Waals surface area contributed by atoms with E-state index in [1.807, 2.05) is 11.8 Å². The molecule has 1 unspecified atom stereocenters. The minimum atomic E-state index is 0. The highest BCUT2D eigenvalue weighted by Crippen LogP contribution is 2.26. The molecule has 1 heterocycles. The summed E-state index contributed by atoms with van der Waals surface area (Å²) in [5.41, 5.74) is 0. The van der Waals surface area contributed by atoms with E-state index in [4.69, 9.17) is 4.99 Å². The van der Waals surface area contributed by atoms with Gasteiger partial charge in [0.15, 0.2) is 5.96 Å². The molecule has 1 aliphatic carbocycles. The number of nitrogens with one attached hydrogen (secondary N) is 2. The van der Waals surface area contributed by atoms with Crippen LogP contribution < -0.4 is 10.6 Å². The first-order chi connectivity index (χ1) is 10.8. The molecule has 1 aliphatic heterocycles. The van der Waals surface area contributed by atoms with Crippen LogP contribution in [-0.2, 0) is 0 Å². The molecule has 0 aromatic heterocycles. The van der Waals surface area contributed by atoms with E-state index in [2.05, 4.69) is 28.7 Å². The van der Waals surface area contributed by atoms with Crippen LogP contribution in [0.25, 0.3) is 0 Å². The zero-order valence-corrected chi connectivity index (χ0v) is 18.0. The van der Waals surface area contributed by atoms with Crippen LogP contribution in [-0.4, -0.2) is 61.6 Å². The number of rotatable bonds is 8. The van der Waals surface area contributed by atoms with E-state index in [-0.39, 0.29) is 24.0 Å². The van der Waals surface area contributed by atoms with Crippen molar-refractivity contribution in [1.82, 2.24) is 15.5 Å². The summed E-state index contributed by atoms with van der Waals surface area (Å²) in [5, 5.41) is 7.03. The van der Waals surface area contributed by atoms with Crippen molar-refractivity contribution in [3.05, 3.63) is 0 Å². The molecule has 0 radical (unpaired) electrons. The maximum Gasteiger partial charge on any atom is 0.191 e. The predicted molar refractivity (Wildman–Crippen MR) is 114 cm³/mol. The molecule has 0 aromatic carbocycles. The lowest BCUT2D eigenvalue weighted by atomic mass is 10.1. The number of aliphatic imine (C=N–C) groups is 1. The van der Waals surface area contributed by atoms with Crippen LogP contribution in [0.3, 0.4) is 0 Å². The topological polar surface area (TPSA) is 39.7 Å². The van der Waals surface area contributed by atoms with E-state index in [0.717, 1.165) is 31.4 Å². The van der Waals surface area contributed by atoms with Crippen LogP contribution in [0.5, 0.6) is 0 Å². The molecule has 1 saturated heterocycles. The van der Waals surface area contributed by atoms with Gasteiger partial charge in [-0.3, -0.25) is 4.99 Å². The van der Waals surface area contributed by atoms with Crippen LogP contribution in [0.4, 0.5) is 0 Å². The smallest absolute Gasteiger partial charge is 0.191 e. The second-order valence-corrected chi connectivity index (χ2v) is 7.63. The third kappa shape index (κ3) is 8.29. The van der Waals surface area contributed by atoms with E-state index in [1.165, 1.54) is 57.5 Å². The standard InChI is InChI=1S/C17H34N4S.HI/c1-3-18-17(19-10-6-12-22-2)20-16-9-11-21(14-16)13-15-7-4-5-8-15;/h15-16H,3-14H2,1-2H3,(H2,18,19,20);1H. The van der Waals surface area contributed by atoms with Gasteiger partial charge in [0.2, 0.25) is 0 Å². The Hall–Kier alpha value is 0.310. The molecule has 2 rings (SSSR count). The summed E-state index contributed by atoms with van der Waals surface area (Å²) in [5.74, 6) is 3.17. The lowest BCUT2D eigenvalue weighted by Gasteiger charge is -2.21. The highest BCUT2D eigenvalue weighted by molar-refractivity contribution is 14.0. The summed E-state index contributed by atoms with van der Waals surface area (Å²) < 4.78 is 0. The largest absolute Gasteiger partial charge is 0.357 e. The van der Waals surface area contributed by atoms with Gasteiger partial charge in [0, 0.05) is 38.8 Å². The first-order valence-electron chi connectivity index (χ1n) is 9.08. The van der Waals surface area contributed by atoms with Crippen molar-refractivity contribution in [2.75, 3.05) is 44.7 Å². The Morgan fingerprint density at radius 2 is 2.04 bits per heavy atom. The summed E-state index contributed by atoms with van der Waals surface area (Å²) in [7, 11) is 0. The van der Waals surface area contributed by atoms with Gasteiger partial charge in [-0.25, -0.2) is 0 Å². The van der Waals surface area contributed by atoms with Crippen molar-refractivity contribution < 1.29 is 0 Å². The average Bonchev–Trinajstić information content (AvgIpc) is 3.16. The molecule has 1 atom stereocenters. The average molecular weight is 454 g/mol. The molecule has 1 saturated carbocycles. The van der Waals surface area contributed by atoms with Gasteiger partial charge in [-0.2, -0.15) is 11.8 Å². The molecule has 6 heteroatoms. The Bertz CT molecular complexity index is 335. The number of likely N-dealkylation sites (tertiary alicyclic amines) is 1. The van der Waals surface area contributed by atoms with Crippen LogP contribution in [0.1, 0.15) is 45.4 Å². The first-order valence-corrected chi connectivity index (χ1v) is 10.5. The Balaban J connectivity index is 0.00000264. The van der Waals surface area contributed by atoms with Gasteiger partial charge >= 0.3 is 0 Å². The third-order valence-corrected chi connectivity index (χ3v) is 5.42. The monoisotopic (exact) mass is 454 g/mol. The van der Waals surface area contributed by atoms with Crippen molar-refractivity contribution in [2.45, 2.75) is 51.5 Å². The van der Waals surface area contributed by atoms with E-state index in [0.29, 0.717) is 6.04 Å². The molecule has 2 aliphatic rings. The molecule has 0 amide bonds. The summed E-state index contributed by atoms with van der Waals surface area (Å²) in [6.45, 7) is 7.76. The summed E-state index contributed by atoms with van der Waals surface area (Å²) >= 11 is 1.90. The molecule has 136 valence electrons. The first kappa shape index (κ1) is 21.4. The quantitative estimate of drug-likeness (QED) is 0.256. The van der Waals surface area contributed by atoms with Gasteiger partial charge in [0.1, 0.15) is 0 Å². The maximum atomic E-state index is 4.71. The third-order valence-electron chi connectivity index (χ3n) is 4.73. The Labute approximate surface area is 164 Å². The lowest BCUT2D eigenvalue weighted by Crippen LogP contribution is -2.44. The molecule has 2 N–H and O–H groups in total. The van der Waals surface area contributed by atoms with E-state index in [1.54, 1.807) is 0 Å². The molecular weight excluding hydrogens is 419 g/mol. The van der Waals surface area contributed by atoms with Gasteiger partial charge in [-0.1, -0.05) is 12.8 Å². The molecule has 23 heavy (non-hydrogen) atoms. The molecule has 0 spiro atoms. The maximum absolute atomic E-state index is 4.71. The molecule has 4 nitrogen and oxygen atoms in total. The summed E-state index contributed by atoms with van der Waals surface area (Å²) in [4.78, 5) is 7.36. The van der Waals surface area contributed by atoms with E-state index < -0.39 is 0 Å². The summed E-state index contributed by atoms with van der Waals surface area (Å²) in [6, 6.07) is 0.569. The number of thioether (sulfide) groups is 1. The van der Waals surface area contributed by atoms with Crippen molar-refractivity contribution in [3.63, 3.8) is 0 Å². The summed E-state index contributed by atoms with van der Waals surface area (Å²) in [6.07, 6.45) is 10.4. The van der Waals surface area contributed by atoms with Crippen molar-refractivity contribution in [3.8, 4) is 0 Å². The van der Waals surface area contributed by atoms with Crippen molar-refractivity contribution in [2.24, 2.45) is 10.9 Å². The number of hydrogen-bond donors (Lipinski definition) is 2. The fourth-order valence-corrected chi connectivity index (χ4v) is 4.01. The van der Waals surface area contributed by atoms with Crippen LogP contribution in [0.15, 0.2) is 4.99 Å². The fourth-order valence-electron chi connectivity index (χ4n) is 3.59. The van der Waals surface area contributed by atoms with Crippen LogP contribution in [0.2, 0.25) is 0 Å². The number of hydrogen-bond acceptors (Lipinski definition) is 3. The zero-order valence-electron chi connectivity index (χ0n) is 14.9. The van der Waals surface area contributed by atoms with Crippen LogP contribution in [0, 0.1) is 5.92 Å². The number of halogens is 1. The zero-order chi connectivity index (χ0) is 15.6. The Morgan fingerprint density at radius 3 is 2.74 bits per heavy atom. The number of guanidine groups is 1. The van der Waals surface area contributed by atoms with Crippen molar-refractivity contribution in [1.29, 1.82) is 0 Å². The SMILES string of the molecule is CCNC(=NCCCSC)NC1CCN(CC2CCCC2)C1.I. The normalized spacial score (nSPS) is 23.0. The van der Waals surface area contributed by atoms with Gasteiger partial charge in [-0.15, -0.1) is 24.0 Å². The van der Waals surface area contributed by atoms with Crippen molar-refractivity contribution >= 4 is 41.7 Å². The Morgan fingerprint density at radius 1 is 1.26 bits per heavy atom. The minimum absolute atomic E-state index is 0. The van der Waals surface area contributed by atoms with Gasteiger partial charge in [0.05, 0.1) is 0 Å².